The van der Waals surface area contributed by atoms with Gasteiger partial charge in [0.05, 0.1) is 10.9 Å². The van der Waals surface area contributed by atoms with Crippen molar-refractivity contribution in [1.82, 2.24) is 4.98 Å². The molecule has 0 atom stereocenters. The third kappa shape index (κ3) is 4.55. The monoisotopic (exact) mass is 368 g/mol. The second-order valence-corrected chi connectivity index (χ2v) is 5.39. The van der Waals surface area contributed by atoms with Crippen LogP contribution in [0, 0.1) is 11.8 Å². The van der Waals surface area contributed by atoms with E-state index in [1.54, 1.807) is 0 Å². The molecule has 0 spiro atoms. The first kappa shape index (κ1) is 19.2. The zero-order chi connectivity index (χ0) is 15.8. The molecule has 0 amide bonds. The molecule has 126 valence electrons. The van der Waals surface area contributed by atoms with Gasteiger partial charge in [0, 0.05) is 6.54 Å². The Labute approximate surface area is 133 Å². The van der Waals surface area contributed by atoms with Crippen LogP contribution >= 0.6 is 24.0 Å². The lowest BCUT2D eigenvalue weighted by molar-refractivity contribution is -0.203. The van der Waals surface area contributed by atoms with Crippen molar-refractivity contribution in [3.05, 3.63) is 22.8 Å². The van der Waals surface area contributed by atoms with Gasteiger partial charge in [0.2, 0.25) is 0 Å². The van der Waals surface area contributed by atoms with Crippen LogP contribution in [-0.2, 0) is 6.18 Å². The average molecular weight is 369 g/mol. The predicted molar refractivity (Wildman–Crippen MR) is 72.3 cm³/mol. The van der Waals surface area contributed by atoms with Gasteiger partial charge in [-0.25, -0.2) is 4.98 Å². The molecule has 1 aliphatic carbocycles. The van der Waals surface area contributed by atoms with E-state index in [4.69, 9.17) is 11.6 Å². The molecule has 0 bridgehead atoms. The van der Waals surface area contributed by atoms with Crippen molar-refractivity contribution in [1.29, 1.82) is 0 Å². The minimum atomic E-state index is -4.67. The number of hydrogen-bond acceptors (Lipinski definition) is 2. The third-order valence-corrected chi connectivity index (χ3v) is 3.69. The molecule has 0 aliphatic heterocycles. The molecule has 1 saturated carbocycles. The van der Waals surface area contributed by atoms with Gasteiger partial charge in [-0.1, -0.05) is 11.6 Å². The molecule has 10 heteroatoms. The summed E-state index contributed by atoms with van der Waals surface area (Å²) in [7, 11) is 0. The van der Waals surface area contributed by atoms with Gasteiger partial charge < -0.3 is 5.32 Å². The minimum absolute atomic E-state index is 0. The summed E-state index contributed by atoms with van der Waals surface area (Å²) in [6.45, 7) is 0.151. The second-order valence-electron chi connectivity index (χ2n) is 4.98. The lowest BCUT2D eigenvalue weighted by Crippen LogP contribution is -2.38. The normalized spacial score (nSPS) is 21.8. The van der Waals surface area contributed by atoms with E-state index in [0.29, 0.717) is 0 Å². The first-order valence-electron chi connectivity index (χ1n) is 6.11. The second kappa shape index (κ2) is 6.70. The molecule has 1 aromatic rings. The smallest absolute Gasteiger partial charge is 0.370 e. The molecule has 1 heterocycles. The van der Waals surface area contributed by atoms with Crippen molar-refractivity contribution in [2.24, 2.45) is 11.8 Å². The van der Waals surface area contributed by atoms with Crippen molar-refractivity contribution >= 4 is 29.8 Å². The number of alkyl halides is 6. The van der Waals surface area contributed by atoms with Gasteiger partial charge in [0.1, 0.15) is 5.82 Å². The number of rotatable bonds is 3. The number of nitrogens with zero attached hydrogens (tertiary/aromatic N) is 1. The predicted octanol–water partition coefficient (Wildman–Crippen LogP) is 5.18. The number of nitrogens with one attached hydrogen (secondary N) is 1. The summed E-state index contributed by atoms with van der Waals surface area (Å²) in [5, 5.41) is 2.10. The first-order chi connectivity index (χ1) is 9.57. The van der Waals surface area contributed by atoms with E-state index < -0.39 is 29.0 Å². The minimum Gasteiger partial charge on any atom is -0.370 e. The zero-order valence-electron chi connectivity index (χ0n) is 10.9. The van der Waals surface area contributed by atoms with Gasteiger partial charge in [-0.2, -0.15) is 26.3 Å². The molecule has 22 heavy (non-hydrogen) atoms. The third-order valence-electron chi connectivity index (χ3n) is 3.38. The first-order valence-corrected chi connectivity index (χ1v) is 6.49. The van der Waals surface area contributed by atoms with Crippen LogP contribution in [-0.4, -0.2) is 17.7 Å². The van der Waals surface area contributed by atoms with E-state index in [1.807, 2.05) is 0 Å². The highest BCUT2D eigenvalue weighted by molar-refractivity contribution is 6.31. The van der Waals surface area contributed by atoms with E-state index in [0.717, 1.165) is 6.07 Å². The van der Waals surface area contributed by atoms with Crippen LogP contribution < -0.4 is 5.32 Å². The Morgan fingerprint density at radius 2 is 1.73 bits per heavy atom. The molecule has 2 nitrogen and oxygen atoms in total. The Bertz CT molecular complexity index is 511. The average Bonchev–Trinajstić information content (AvgIpc) is 2.25. The summed E-state index contributed by atoms with van der Waals surface area (Å²) in [4.78, 5) is 3.35. The van der Waals surface area contributed by atoms with Crippen molar-refractivity contribution in [2.75, 3.05) is 11.9 Å². The molecular formula is C12H12Cl2F6N2. The molecule has 1 N–H and O–H groups in total. The molecule has 0 aromatic carbocycles. The van der Waals surface area contributed by atoms with Crippen molar-refractivity contribution in [2.45, 2.75) is 25.2 Å². The highest BCUT2D eigenvalue weighted by Gasteiger charge is 2.47. The van der Waals surface area contributed by atoms with Gasteiger partial charge in [-0.15, -0.1) is 12.4 Å². The maximum absolute atomic E-state index is 12.6. The summed E-state index contributed by atoms with van der Waals surface area (Å²) in [5.74, 6) is -1.58. The fourth-order valence-corrected chi connectivity index (χ4v) is 2.37. The molecule has 1 fully saturated rings. The largest absolute Gasteiger partial charge is 0.434 e. The SMILES string of the molecule is Cl.FC(F)(F)c1nc(NCC2CC(C(F)(F)F)C2)ccc1Cl. The Kier molecular flexibility index (Phi) is 5.83. The van der Waals surface area contributed by atoms with Crippen LogP contribution in [0.2, 0.25) is 5.02 Å². The number of aromatic nitrogens is 1. The quantitative estimate of drug-likeness (QED) is 0.743. The standard InChI is InChI=1S/C12H11ClF6N2.ClH/c13-8-1-2-9(21-10(8)12(17,18)19)20-5-6-3-7(4-6)11(14,15)16;/h1-2,6-7H,3-5H2,(H,20,21);1H. The lowest BCUT2D eigenvalue weighted by Gasteiger charge is -2.36. The van der Waals surface area contributed by atoms with Crippen LogP contribution in [0.5, 0.6) is 0 Å². The van der Waals surface area contributed by atoms with Crippen molar-refractivity contribution in [3.63, 3.8) is 0 Å². The van der Waals surface area contributed by atoms with Crippen LogP contribution in [0.25, 0.3) is 0 Å². The molecule has 1 aromatic heterocycles. The van der Waals surface area contributed by atoms with Gasteiger partial charge >= 0.3 is 12.4 Å². The van der Waals surface area contributed by atoms with Crippen molar-refractivity contribution in [3.8, 4) is 0 Å². The maximum Gasteiger partial charge on any atom is 0.434 e. The van der Waals surface area contributed by atoms with E-state index >= 15 is 0 Å². The number of halogens is 8. The summed E-state index contributed by atoms with van der Waals surface area (Å²) in [5.41, 5.74) is -1.21. The van der Waals surface area contributed by atoms with Gasteiger partial charge in [-0.3, -0.25) is 0 Å². The highest BCUT2D eigenvalue weighted by Crippen LogP contribution is 2.44. The number of anilines is 1. The van der Waals surface area contributed by atoms with Gasteiger partial charge in [0.15, 0.2) is 5.69 Å². The summed E-state index contributed by atoms with van der Waals surface area (Å²) < 4.78 is 74.6. The van der Waals surface area contributed by atoms with E-state index in [9.17, 15) is 26.3 Å². The molecule has 1 aliphatic rings. The van der Waals surface area contributed by atoms with Crippen LogP contribution in [0.3, 0.4) is 0 Å². The summed E-state index contributed by atoms with van der Waals surface area (Å²) >= 11 is 5.42. The molecule has 2 rings (SSSR count). The Morgan fingerprint density at radius 3 is 2.23 bits per heavy atom. The van der Waals surface area contributed by atoms with Crippen LogP contribution in [0.1, 0.15) is 18.5 Å². The molecule has 0 saturated heterocycles. The fraction of sp³-hybridized carbons (Fsp3) is 0.583. The Hall–Kier alpha value is -0.890. The maximum atomic E-state index is 12.6. The van der Waals surface area contributed by atoms with E-state index in [1.165, 1.54) is 6.07 Å². The van der Waals surface area contributed by atoms with E-state index in [-0.39, 0.29) is 43.5 Å². The number of pyridine rings is 1. The van der Waals surface area contributed by atoms with Crippen molar-refractivity contribution < 1.29 is 26.3 Å². The lowest BCUT2D eigenvalue weighted by atomic mass is 9.74. The highest BCUT2D eigenvalue weighted by atomic mass is 35.5. The summed E-state index contributed by atoms with van der Waals surface area (Å²) in [6, 6.07) is 2.32. The number of hydrogen-bond donors (Lipinski definition) is 1. The molecule has 0 radical (unpaired) electrons. The summed E-state index contributed by atoms with van der Waals surface area (Å²) in [6.07, 6.45) is -8.91. The zero-order valence-corrected chi connectivity index (χ0v) is 12.5. The fourth-order valence-electron chi connectivity index (χ4n) is 2.16. The molecule has 0 unspecified atom stereocenters. The topological polar surface area (TPSA) is 24.9 Å². The molecular weight excluding hydrogens is 357 g/mol. The van der Waals surface area contributed by atoms with Crippen LogP contribution in [0.15, 0.2) is 12.1 Å². The van der Waals surface area contributed by atoms with E-state index in [2.05, 4.69) is 10.3 Å². The Balaban J connectivity index is 0.00000242. The van der Waals surface area contributed by atoms with Crippen LogP contribution in [0.4, 0.5) is 32.2 Å². The van der Waals surface area contributed by atoms with Gasteiger partial charge in [0.25, 0.3) is 0 Å². The van der Waals surface area contributed by atoms with Gasteiger partial charge in [-0.05, 0) is 30.9 Å². The Morgan fingerprint density at radius 1 is 1.14 bits per heavy atom.